The van der Waals surface area contributed by atoms with Gasteiger partial charge in [0, 0.05) is 37.3 Å². The number of carbonyl (C=O) groups excluding carboxylic acids is 1. The minimum absolute atomic E-state index is 0.0285. The van der Waals surface area contributed by atoms with Crippen LogP contribution in [0.2, 0.25) is 0 Å². The van der Waals surface area contributed by atoms with E-state index < -0.39 is 0 Å². The van der Waals surface area contributed by atoms with Gasteiger partial charge in [0.1, 0.15) is 5.82 Å². The lowest BCUT2D eigenvalue weighted by molar-refractivity contribution is -0.122. The summed E-state index contributed by atoms with van der Waals surface area (Å²) in [5.74, 6) is 2.87. The van der Waals surface area contributed by atoms with E-state index in [2.05, 4.69) is 19.9 Å². The predicted molar refractivity (Wildman–Crippen MR) is 108 cm³/mol. The van der Waals surface area contributed by atoms with Crippen LogP contribution in [0.1, 0.15) is 50.5 Å². The number of aromatic nitrogens is 3. The van der Waals surface area contributed by atoms with Gasteiger partial charge in [0.2, 0.25) is 17.6 Å². The number of rotatable bonds is 6. The number of amides is 1. The molecule has 2 aromatic rings. The molecule has 3 aliphatic rings. The summed E-state index contributed by atoms with van der Waals surface area (Å²) in [5.41, 5.74) is 6.35. The van der Waals surface area contributed by atoms with Gasteiger partial charge in [0.15, 0.2) is 0 Å². The molecule has 2 saturated heterocycles. The molecule has 5 rings (SSSR count). The van der Waals surface area contributed by atoms with E-state index in [-0.39, 0.29) is 17.9 Å². The van der Waals surface area contributed by atoms with Gasteiger partial charge in [0.25, 0.3) is 0 Å². The van der Waals surface area contributed by atoms with Gasteiger partial charge in [-0.3, -0.25) is 9.69 Å². The molecular weight excluding hydrogens is 368 g/mol. The first-order valence-electron chi connectivity index (χ1n) is 10.8. The third-order valence-electron chi connectivity index (χ3n) is 6.51. The first-order valence-corrected chi connectivity index (χ1v) is 10.8. The first-order chi connectivity index (χ1) is 14.2. The number of carbonyl (C=O) groups is 1. The van der Waals surface area contributed by atoms with Crippen molar-refractivity contribution in [3.63, 3.8) is 0 Å². The van der Waals surface area contributed by atoms with Crippen molar-refractivity contribution in [2.45, 2.75) is 44.6 Å². The second kappa shape index (κ2) is 7.74. The van der Waals surface area contributed by atoms with Gasteiger partial charge in [-0.2, -0.15) is 4.98 Å². The van der Waals surface area contributed by atoms with Crippen LogP contribution in [-0.2, 0) is 4.79 Å². The molecule has 8 heteroatoms. The zero-order valence-electron chi connectivity index (χ0n) is 16.7. The topological polar surface area (TPSA) is 101 Å². The number of likely N-dealkylation sites (tertiary alicyclic amines) is 1. The second-order valence-corrected chi connectivity index (χ2v) is 8.62. The molecule has 2 aliphatic heterocycles. The van der Waals surface area contributed by atoms with Crippen LogP contribution in [0.25, 0.3) is 11.4 Å². The summed E-state index contributed by atoms with van der Waals surface area (Å²) in [6.07, 6.45) is 8.32. The Hall–Kier alpha value is -2.48. The Kier molecular flexibility index (Phi) is 4.95. The maximum Gasteiger partial charge on any atom is 0.244 e. The van der Waals surface area contributed by atoms with Crippen LogP contribution in [0, 0.1) is 11.8 Å². The van der Waals surface area contributed by atoms with Gasteiger partial charge in [0.05, 0.1) is 6.04 Å². The lowest BCUT2D eigenvalue weighted by Crippen LogP contribution is -2.38. The Morgan fingerprint density at radius 1 is 1.17 bits per heavy atom. The van der Waals surface area contributed by atoms with Gasteiger partial charge < -0.3 is 15.2 Å². The van der Waals surface area contributed by atoms with Crippen LogP contribution in [0.5, 0.6) is 0 Å². The van der Waals surface area contributed by atoms with E-state index in [4.69, 9.17) is 15.2 Å². The summed E-state index contributed by atoms with van der Waals surface area (Å²) in [6.45, 7) is 3.84. The molecule has 1 atom stereocenters. The van der Waals surface area contributed by atoms with Crippen LogP contribution in [0.3, 0.4) is 0 Å². The Balaban J connectivity index is 1.29. The monoisotopic (exact) mass is 396 g/mol. The van der Waals surface area contributed by atoms with Gasteiger partial charge >= 0.3 is 0 Å². The fourth-order valence-electron chi connectivity index (χ4n) is 4.57. The Bertz CT molecular complexity index is 872. The number of primary amides is 1. The molecule has 1 saturated carbocycles. The molecule has 29 heavy (non-hydrogen) atoms. The smallest absolute Gasteiger partial charge is 0.244 e. The zero-order valence-corrected chi connectivity index (χ0v) is 16.7. The van der Waals surface area contributed by atoms with Crippen molar-refractivity contribution in [3.05, 3.63) is 24.2 Å². The average Bonchev–Trinajstić information content (AvgIpc) is 3.23. The van der Waals surface area contributed by atoms with Gasteiger partial charge in [-0.15, -0.1) is 0 Å². The van der Waals surface area contributed by atoms with E-state index in [1.807, 2.05) is 12.1 Å². The minimum atomic E-state index is -0.201. The standard InChI is InChI=1S/C21H28N6O2/c22-19(28)15-6-10-26(11-7-15)18-12-16(5-8-23-18)20-24-21(29-25-20)17-2-1-9-27(17)13-14-3-4-14/h5,8,12,14-15,17H,1-4,6-7,9-11,13H2,(H2,22,28)/t17-/m0/s1. The van der Waals surface area contributed by atoms with Crippen LogP contribution in [-0.4, -0.2) is 52.1 Å². The van der Waals surface area contributed by atoms with E-state index in [0.29, 0.717) is 5.82 Å². The zero-order chi connectivity index (χ0) is 19.8. The van der Waals surface area contributed by atoms with E-state index in [1.54, 1.807) is 6.20 Å². The normalized spacial score (nSPS) is 23.6. The SMILES string of the molecule is NC(=O)C1CCN(c2cc(-c3noc([C@@H]4CCCN4CC4CC4)n3)ccn2)CC1. The van der Waals surface area contributed by atoms with E-state index >= 15 is 0 Å². The van der Waals surface area contributed by atoms with Crippen LogP contribution < -0.4 is 10.6 Å². The van der Waals surface area contributed by atoms with Gasteiger partial charge in [-0.1, -0.05) is 5.16 Å². The quantitative estimate of drug-likeness (QED) is 0.800. The fraction of sp³-hybridized carbons (Fsp3) is 0.619. The first kappa shape index (κ1) is 18.5. The van der Waals surface area contributed by atoms with Crippen molar-refractivity contribution in [2.24, 2.45) is 17.6 Å². The molecule has 1 amide bonds. The second-order valence-electron chi connectivity index (χ2n) is 8.62. The fourth-order valence-corrected chi connectivity index (χ4v) is 4.57. The third kappa shape index (κ3) is 3.99. The highest BCUT2D eigenvalue weighted by molar-refractivity contribution is 5.77. The number of hydrogen-bond donors (Lipinski definition) is 1. The summed E-state index contributed by atoms with van der Waals surface area (Å²) in [5, 5.41) is 4.26. The summed E-state index contributed by atoms with van der Waals surface area (Å²) in [7, 11) is 0. The highest BCUT2D eigenvalue weighted by Crippen LogP contribution is 2.37. The number of nitrogens with zero attached hydrogens (tertiary/aromatic N) is 5. The van der Waals surface area contributed by atoms with E-state index in [0.717, 1.165) is 68.6 Å². The number of piperidine rings is 1. The molecule has 1 aliphatic carbocycles. The van der Waals surface area contributed by atoms with Crippen molar-refractivity contribution in [1.29, 1.82) is 0 Å². The Labute approximate surface area is 170 Å². The molecule has 2 N–H and O–H groups in total. The molecule has 8 nitrogen and oxygen atoms in total. The molecule has 0 spiro atoms. The third-order valence-corrected chi connectivity index (χ3v) is 6.51. The molecule has 154 valence electrons. The molecule has 0 bridgehead atoms. The Morgan fingerprint density at radius 3 is 2.76 bits per heavy atom. The van der Waals surface area contributed by atoms with E-state index in [9.17, 15) is 4.79 Å². The maximum absolute atomic E-state index is 11.4. The predicted octanol–water partition coefficient (Wildman–Crippen LogP) is 2.38. The molecule has 0 aromatic carbocycles. The lowest BCUT2D eigenvalue weighted by Gasteiger charge is -2.31. The summed E-state index contributed by atoms with van der Waals surface area (Å²) >= 11 is 0. The molecule has 2 aromatic heterocycles. The largest absolute Gasteiger partial charge is 0.369 e. The van der Waals surface area contributed by atoms with Crippen molar-refractivity contribution in [2.75, 3.05) is 31.1 Å². The highest BCUT2D eigenvalue weighted by atomic mass is 16.5. The van der Waals surface area contributed by atoms with Crippen molar-refractivity contribution in [1.82, 2.24) is 20.0 Å². The number of anilines is 1. The summed E-state index contributed by atoms with van der Waals surface area (Å²) < 4.78 is 5.67. The molecule has 4 heterocycles. The number of pyridine rings is 1. The lowest BCUT2D eigenvalue weighted by atomic mass is 9.96. The van der Waals surface area contributed by atoms with Crippen molar-refractivity contribution < 1.29 is 9.32 Å². The molecule has 0 unspecified atom stereocenters. The number of hydrogen-bond acceptors (Lipinski definition) is 7. The van der Waals surface area contributed by atoms with Crippen LogP contribution in [0.4, 0.5) is 5.82 Å². The highest BCUT2D eigenvalue weighted by Gasteiger charge is 2.35. The maximum atomic E-state index is 11.4. The minimum Gasteiger partial charge on any atom is -0.369 e. The average molecular weight is 396 g/mol. The van der Waals surface area contributed by atoms with Crippen molar-refractivity contribution in [3.8, 4) is 11.4 Å². The Morgan fingerprint density at radius 2 is 2.00 bits per heavy atom. The van der Waals surface area contributed by atoms with Crippen LogP contribution in [0.15, 0.2) is 22.9 Å². The summed E-state index contributed by atoms with van der Waals surface area (Å²) in [4.78, 5) is 25.3. The van der Waals surface area contributed by atoms with Crippen molar-refractivity contribution >= 4 is 11.7 Å². The molecule has 3 fully saturated rings. The number of nitrogens with two attached hydrogens (primary N) is 1. The van der Waals surface area contributed by atoms with E-state index in [1.165, 1.54) is 19.3 Å². The summed E-state index contributed by atoms with van der Waals surface area (Å²) in [6, 6.07) is 4.19. The van der Waals surface area contributed by atoms with Crippen LogP contribution >= 0.6 is 0 Å². The molecular formula is C21H28N6O2. The van der Waals surface area contributed by atoms with Gasteiger partial charge in [-0.05, 0) is 63.1 Å². The van der Waals surface area contributed by atoms with Gasteiger partial charge in [-0.25, -0.2) is 4.98 Å². The molecule has 0 radical (unpaired) electrons.